The molecule has 0 radical (unpaired) electrons. The molecule has 2 unspecified atom stereocenters. The molecule has 0 heterocycles. The van der Waals surface area contributed by atoms with Crippen LogP contribution in [0.2, 0.25) is 0 Å². The third-order valence-corrected chi connectivity index (χ3v) is 3.23. The molecule has 0 aliphatic rings. The lowest BCUT2D eigenvalue weighted by Gasteiger charge is -2.15. The van der Waals surface area contributed by atoms with Crippen molar-refractivity contribution in [3.8, 4) is 0 Å². The molecule has 0 amide bonds. The molecule has 0 aromatic heterocycles. The SMILES string of the molecule is CCCCC(CC)COC(=O)CNC(C)CC. The molecule has 1 N–H and O–H groups in total. The average molecular weight is 243 g/mol. The number of ether oxygens (including phenoxy) is 1. The largest absolute Gasteiger partial charge is 0.464 e. The molecule has 0 aromatic rings. The second kappa shape index (κ2) is 10.6. The lowest BCUT2D eigenvalue weighted by atomic mass is 10.0. The summed E-state index contributed by atoms with van der Waals surface area (Å²) in [6.07, 6.45) is 5.72. The van der Waals surface area contributed by atoms with Crippen LogP contribution in [-0.4, -0.2) is 25.2 Å². The molecule has 0 aliphatic heterocycles. The molecule has 0 aliphatic carbocycles. The van der Waals surface area contributed by atoms with Crippen LogP contribution in [0.1, 0.15) is 59.8 Å². The lowest BCUT2D eigenvalue weighted by Crippen LogP contribution is -2.32. The third kappa shape index (κ3) is 9.16. The van der Waals surface area contributed by atoms with Crippen LogP contribution in [0.3, 0.4) is 0 Å². The topological polar surface area (TPSA) is 38.3 Å². The molecule has 102 valence electrons. The Morgan fingerprint density at radius 1 is 1.24 bits per heavy atom. The number of hydrogen-bond donors (Lipinski definition) is 1. The summed E-state index contributed by atoms with van der Waals surface area (Å²) < 4.78 is 5.29. The molecule has 17 heavy (non-hydrogen) atoms. The van der Waals surface area contributed by atoms with E-state index in [1.165, 1.54) is 19.3 Å². The summed E-state index contributed by atoms with van der Waals surface area (Å²) in [7, 11) is 0. The van der Waals surface area contributed by atoms with Gasteiger partial charge in [0.1, 0.15) is 0 Å². The number of carbonyl (C=O) groups excluding carboxylic acids is 1. The predicted molar refractivity (Wildman–Crippen MR) is 72.0 cm³/mol. The van der Waals surface area contributed by atoms with Crippen molar-refractivity contribution in [3.63, 3.8) is 0 Å². The van der Waals surface area contributed by atoms with E-state index in [1.54, 1.807) is 0 Å². The van der Waals surface area contributed by atoms with Crippen LogP contribution >= 0.6 is 0 Å². The van der Waals surface area contributed by atoms with Crippen LogP contribution in [0.15, 0.2) is 0 Å². The summed E-state index contributed by atoms with van der Waals surface area (Å²) in [4.78, 5) is 11.5. The number of nitrogens with one attached hydrogen (secondary N) is 1. The zero-order valence-corrected chi connectivity index (χ0v) is 11.9. The van der Waals surface area contributed by atoms with Crippen molar-refractivity contribution >= 4 is 5.97 Å². The molecule has 0 aromatic carbocycles. The van der Waals surface area contributed by atoms with Crippen LogP contribution in [0.5, 0.6) is 0 Å². The van der Waals surface area contributed by atoms with Gasteiger partial charge in [0.15, 0.2) is 0 Å². The minimum absolute atomic E-state index is 0.125. The van der Waals surface area contributed by atoms with Crippen LogP contribution in [0, 0.1) is 5.92 Å². The Bertz CT molecular complexity index is 195. The van der Waals surface area contributed by atoms with E-state index in [0.717, 1.165) is 12.8 Å². The Balaban J connectivity index is 3.65. The van der Waals surface area contributed by atoms with Crippen LogP contribution in [0.4, 0.5) is 0 Å². The molecule has 0 rings (SSSR count). The first kappa shape index (κ1) is 16.4. The van der Waals surface area contributed by atoms with Gasteiger partial charge in [-0.25, -0.2) is 0 Å². The first-order valence-corrected chi connectivity index (χ1v) is 7.02. The molecule has 3 heteroatoms. The van der Waals surface area contributed by atoms with Crippen molar-refractivity contribution in [1.29, 1.82) is 0 Å². The highest BCUT2D eigenvalue weighted by Gasteiger charge is 2.10. The van der Waals surface area contributed by atoms with Crippen molar-refractivity contribution in [2.24, 2.45) is 5.92 Å². The number of rotatable bonds is 10. The highest BCUT2D eigenvalue weighted by molar-refractivity contribution is 5.71. The van der Waals surface area contributed by atoms with Gasteiger partial charge in [0.25, 0.3) is 0 Å². The van der Waals surface area contributed by atoms with Gasteiger partial charge in [-0.05, 0) is 25.7 Å². The fourth-order valence-corrected chi connectivity index (χ4v) is 1.56. The molecule has 0 bridgehead atoms. The van der Waals surface area contributed by atoms with Gasteiger partial charge in [-0.15, -0.1) is 0 Å². The van der Waals surface area contributed by atoms with Gasteiger partial charge in [-0.3, -0.25) is 4.79 Å². The van der Waals surface area contributed by atoms with Gasteiger partial charge in [0, 0.05) is 6.04 Å². The van der Waals surface area contributed by atoms with E-state index in [0.29, 0.717) is 25.1 Å². The van der Waals surface area contributed by atoms with Gasteiger partial charge in [-0.2, -0.15) is 0 Å². The average Bonchev–Trinajstić information content (AvgIpc) is 2.36. The van der Waals surface area contributed by atoms with E-state index in [1.807, 2.05) is 0 Å². The fraction of sp³-hybridized carbons (Fsp3) is 0.929. The monoisotopic (exact) mass is 243 g/mol. The molecule has 0 saturated heterocycles. The Morgan fingerprint density at radius 2 is 1.94 bits per heavy atom. The molecule has 0 fully saturated rings. The van der Waals surface area contributed by atoms with E-state index >= 15 is 0 Å². The molecular weight excluding hydrogens is 214 g/mol. The standard InChI is InChI=1S/C14H29NO2/c1-5-8-9-13(7-3)11-17-14(16)10-15-12(4)6-2/h12-13,15H,5-11H2,1-4H3. The van der Waals surface area contributed by atoms with Gasteiger partial charge in [0.2, 0.25) is 0 Å². The quantitative estimate of drug-likeness (QED) is 0.599. The van der Waals surface area contributed by atoms with Crippen LogP contribution in [-0.2, 0) is 9.53 Å². The number of esters is 1. The van der Waals surface area contributed by atoms with Crippen molar-refractivity contribution < 1.29 is 9.53 Å². The van der Waals surface area contributed by atoms with E-state index in [4.69, 9.17) is 4.74 Å². The Hall–Kier alpha value is -0.570. The maximum Gasteiger partial charge on any atom is 0.319 e. The zero-order valence-electron chi connectivity index (χ0n) is 11.9. The summed E-state index contributed by atoms with van der Waals surface area (Å²) in [6, 6.07) is 0.379. The van der Waals surface area contributed by atoms with E-state index in [9.17, 15) is 4.79 Å². The molecule has 3 nitrogen and oxygen atoms in total. The fourth-order valence-electron chi connectivity index (χ4n) is 1.56. The maximum absolute atomic E-state index is 11.5. The molecule has 2 atom stereocenters. The van der Waals surface area contributed by atoms with Gasteiger partial charge >= 0.3 is 5.97 Å². The minimum atomic E-state index is -0.125. The van der Waals surface area contributed by atoms with Gasteiger partial charge < -0.3 is 10.1 Å². The van der Waals surface area contributed by atoms with Crippen molar-refractivity contribution in [3.05, 3.63) is 0 Å². The van der Waals surface area contributed by atoms with Crippen LogP contribution in [0.25, 0.3) is 0 Å². The van der Waals surface area contributed by atoms with E-state index in [2.05, 4.69) is 33.0 Å². The number of hydrogen-bond acceptors (Lipinski definition) is 3. The highest BCUT2D eigenvalue weighted by Crippen LogP contribution is 2.12. The molecule has 0 saturated carbocycles. The smallest absolute Gasteiger partial charge is 0.319 e. The first-order chi connectivity index (χ1) is 8.13. The third-order valence-electron chi connectivity index (χ3n) is 3.23. The Kier molecular flexibility index (Phi) is 10.2. The lowest BCUT2D eigenvalue weighted by molar-refractivity contribution is -0.144. The number of unbranched alkanes of at least 4 members (excludes halogenated alkanes) is 1. The first-order valence-electron chi connectivity index (χ1n) is 7.02. The predicted octanol–water partition coefficient (Wildman–Crippen LogP) is 3.13. The molecule has 0 spiro atoms. The Morgan fingerprint density at radius 3 is 2.47 bits per heavy atom. The summed E-state index contributed by atoms with van der Waals surface area (Å²) >= 11 is 0. The summed E-state index contributed by atoms with van der Waals surface area (Å²) in [5.41, 5.74) is 0. The zero-order chi connectivity index (χ0) is 13.1. The van der Waals surface area contributed by atoms with Crippen LogP contribution < -0.4 is 5.32 Å². The highest BCUT2D eigenvalue weighted by atomic mass is 16.5. The summed E-state index contributed by atoms with van der Waals surface area (Å²) in [5, 5.41) is 3.14. The second-order valence-electron chi connectivity index (χ2n) is 4.79. The second-order valence-corrected chi connectivity index (χ2v) is 4.79. The van der Waals surface area contributed by atoms with Gasteiger partial charge in [-0.1, -0.05) is 40.0 Å². The normalized spacial score (nSPS) is 14.4. The van der Waals surface area contributed by atoms with Gasteiger partial charge in [0.05, 0.1) is 13.2 Å². The number of carbonyl (C=O) groups is 1. The molecular formula is C14H29NO2. The van der Waals surface area contributed by atoms with Crippen molar-refractivity contribution in [2.75, 3.05) is 13.2 Å². The maximum atomic E-state index is 11.5. The minimum Gasteiger partial charge on any atom is -0.464 e. The Labute approximate surface area is 106 Å². The van der Waals surface area contributed by atoms with E-state index in [-0.39, 0.29) is 5.97 Å². The van der Waals surface area contributed by atoms with Crippen molar-refractivity contribution in [1.82, 2.24) is 5.32 Å². The summed E-state index contributed by atoms with van der Waals surface area (Å²) in [5.74, 6) is 0.405. The summed E-state index contributed by atoms with van der Waals surface area (Å²) in [6.45, 7) is 9.43. The van der Waals surface area contributed by atoms with E-state index < -0.39 is 0 Å². The van der Waals surface area contributed by atoms with Crippen molar-refractivity contribution in [2.45, 2.75) is 65.8 Å².